The predicted molar refractivity (Wildman–Crippen MR) is 179 cm³/mol. The van der Waals surface area contributed by atoms with Gasteiger partial charge in [0.25, 0.3) is 5.91 Å². The summed E-state index contributed by atoms with van der Waals surface area (Å²) in [6.07, 6.45) is 23.8. The molecular weight excluding hydrogens is 534 g/mol. The molecule has 0 radical (unpaired) electrons. The van der Waals surface area contributed by atoms with Gasteiger partial charge in [-0.3, -0.25) is 4.79 Å². The van der Waals surface area contributed by atoms with Crippen LogP contribution in [0.5, 0.6) is 11.5 Å². The Morgan fingerprint density at radius 2 is 1.30 bits per heavy atom. The molecule has 0 atom stereocenters. The average Bonchev–Trinajstić information content (AvgIpc) is 3.39. The van der Waals surface area contributed by atoms with Crippen LogP contribution in [0.4, 0.5) is 0 Å². The maximum Gasteiger partial charge on any atom is 0.251 e. The largest absolute Gasteiger partial charge is 0.493 e. The number of rotatable bonds is 24. The van der Waals surface area contributed by atoms with Gasteiger partial charge in [-0.15, -0.1) is 0 Å². The van der Waals surface area contributed by atoms with E-state index in [0.717, 1.165) is 30.7 Å². The number of nitrogens with zero attached hydrogens (tertiary/aromatic N) is 2. The lowest BCUT2D eigenvalue weighted by atomic mass is 10.0. The first-order valence-corrected chi connectivity index (χ1v) is 17.1. The highest BCUT2D eigenvalue weighted by atomic mass is 16.5. The van der Waals surface area contributed by atoms with Gasteiger partial charge in [0.05, 0.1) is 25.3 Å². The van der Waals surface area contributed by atoms with Gasteiger partial charge in [0.15, 0.2) is 11.5 Å². The number of unbranched alkanes of at least 4 members (excludes halogenated alkanes) is 15. The van der Waals surface area contributed by atoms with Crippen LogP contribution >= 0.6 is 0 Å². The van der Waals surface area contributed by atoms with Gasteiger partial charge in [0.2, 0.25) is 0 Å². The van der Waals surface area contributed by atoms with Crippen molar-refractivity contribution >= 4 is 16.9 Å². The summed E-state index contributed by atoms with van der Waals surface area (Å²) in [5.74, 6) is 2.17. The fourth-order valence-electron chi connectivity index (χ4n) is 5.91. The number of amides is 1. The highest BCUT2D eigenvalue weighted by Crippen LogP contribution is 2.27. The molecule has 43 heavy (non-hydrogen) atoms. The molecular formula is C37H57N3O3. The molecule has 0 saturated carbocycles. The summed E-state index contributed by atoms with van der Waals surface area (Å²) in [4.78, 5) is 17.6. The van der Waals surface area contributed by atoms with Gasteiger partial charge in [0.1, 0.15) is 5.82 Å². The van der Waals surface area contributed by atoms with E-state index in [1.54, 1.807) is 32.4 Å². The van der Waals surface area contributed by atoms with Gasteiger partial charge in [-0.25, -0.2) is 4.98 Å². The molecule has 3 aromatic rings. The average molecular weight is 592 g/mol. The highest BCUT2D eigenvalue weighted by molar-refractivity contribution is 5.94. The van der Waals surface area contributed by atoms with E-state index in [1.807, 2.05) is 0 Å². The Bertz CT molecular complexity index is 1190. The number of benzene rings is 2. The Balaban J connectivity index is 1.31. The van der Waals surface area contributed by atoms with Gasteiger partial charge < -0.3 is 19.4 Å². The zero-order chi connectivity index (χ0) is 30.5. The standard InChI is InChI=1S/C37H57N3O3/c1-4-5-6-7-8-9-10-11-12-13-14-15-16-17-18-21-29-40-33-24-20-19-23-32(33)39-36(40)25-22-28-38-37(41)31-26-27-34(42-2)35(30-31)43-3/h19-20,23-24,26-27,30H,4-18,21-22,25,28-29H2,1-3H3,(H,38,41). The van der Waals surface area contributed by atoms with Crippen LogP contribution in [0.2, 0.25) is 0 Å². The third-order valence-electron chi connectivity index (χ3n) is 8.48. The highest BCUT2D eigenvalue weighted by Gasteiger charge is 2.12. The Morgan fingerprint density at radius 3 is 1.91 bits per heavy atom. The number of fused-ring (bicyclic) bond motifs is 1. The van der Waals surface area contributed by atoms with Gasteiger partial charge in [-0.1, -0.05) is 115 Å². The van der Waals surface area contributed by atoms with E-state index in [4.69, 9.17) is 14.5 Å². The first-order chi connectivity index (χ1) is 21.2. The number of aryl methyl sites for hydroxylation is 2. The number of methoxy groups -OCH3 is 2. The van der Waals surface area contributed by atoms with Crippen LogP contribution in [0, 0.1) is 0 Å². The third-order valence-corrected chi connectivity index (χ3v) is 8.48. The molecule has 0 saturated heterocycles. The van der Waals surface area contributed by atoms with E-state index in [0.29, 0.717) is 23.6 Å². The quantitative estimate of drug-likeness (QED) is 0.105. The topological polar surface area (TPSA) is 65.4 Å². The van der Waals surface area contributed by atoms with Gasteiger partial charge in [-0.2, -0.15) is 0 Å². The molecule has 0 aliphatic rings. The van der Waals surface area contributed by atoms with Crippen LogP contribution in [0.3, 0.4) is 0 Å². The lowest BCUT2D eigenvalue weighted by Crippen LogP contribution is -2.25. The van der Waals surface area contributed by atoms with Crippen LogP contribution in [-0.4, -0.2) is 36.2 Å². The predicted octanol–water partition coefficient (Wildman–Crippen LogP) is 9.68. The van der Waals surface area contributed by atoms with Crippen LogP contribution in [0.1, 0.15) is 132 Å². The number of carbonyl (C=O) groups is 1. The van der Waals surface area contributed by atoms with Crippen LogP contribution in [0.25, 0.3) is 11.0 Å². The Hall–Kier alpha value is -3.02. The van der Waals surface area contributed by atoms with E-state index < -0.39 is 0 Å². The molecule has 0 aliphatic carbocycles. The second-order valence-electron chi connectivity index (χ2n) is 11.9. The summed E-state index contributed by atoms with van der Waals surface area (Å²) < 4.78 is 13.0. The summed E-state index contributed by atoms with van der Waals surface area (Å²) in [6, 6.07) is 13.7. The second kappa shape index (κ2) is 20.8. The van der Waals surface area contributed by atoms with Crippen molar-refractivity contribution < 1.29 is 14.3 Å². The summed E-state index contributed by atoms with van der Waals surface area (Å²) in [6.45, 7) is 3.89. The summed E-state index contributed by atoms with van der Waals surface area (Å²) >= 11 is 0. The van der Waals surface area contributed by atoms with Crippen LogP contribution in [0.15, 0.2) is 42.5 Å². The first-order valence-electron chi connectivity index (χ1n) is 17.1. The number of imidazole rings is 1. The summed E-state index contributed by atoms with van der Waals surface area (Å²) in [5.41, 5.74) is 2.84. The van der Waals surface area contributed by atoms with Crippen molar-refractivity contribution in [2.24, 2.45) is 0 Å². The van der Waals surface area contributed by atoms with Gasteiger partial charge in [-0.05, 0) is 43.2 Å². The van der Waals surface area contributed by atoms with Crippen molar-refractivity contribution in [3.8, 4) is 11.5 Å². The SMILES string of the molecule is CCCCCCCCCCCCCCCCCCn1c(CCCNC(=O)c2ccc(OC)c(OC)c2)nc2ccccc21. The normalized spacial score (nSPS) is 11.2. The minimum Gasteiger partial charge on any atom is -0.493 e. The molecule has 0 fully saturated rings. The number of aromatic nitrogens is 2. The van der Waals surface area contributed by atoms with Crippen molar-refractivity contribution in [2.45, 2.75) is 129 Å². The van der Waals surface area contributed by atoms with E-state index in [-0.39, 0.29) is 5.91 Å². The molecule has 0 aliphatic heterocycles. The molecule has 1 N–H and O–H groups in total. The molecule has 0 unspecified atom stereocenters. The molecule has 6 heteroatoms. The number of nitrogens with one attached hydrogen (secondary N) is 1. The Labute approximate surface area is 261 Å². The molecule has 1 heterocycles. The fourth-order valence-corrected chi connectivity index (χ4v) is 5.91. The van der Waals surface area contributed by atoms with Gasteiger partial charge >= 0.3 is 0 Å². The molecule has 1 aromatic heterocycles. The third kappa shape index (κ3) is 12.2. The second-order valence-corrected chi connectivity index (χ2v) is 11.9. The van der Waals surface area contributed by atoms with E-state index in [9.17, 15) is 4.79 Å². The molecule has 238 valence electrons. The van der Waals surface area contributed by atoms with Crippen LogP contribution < -0.4 is 14.8 Å². The molecule has 0 spiro atoms. The number of para-hydroxylation sites is 2. The van der Waals surface area contributed by atoms with Crippen molar-refractivity contribution in [2.75, 3.05) is 20.8 Å². The lowest BCUT2D eigenvalue weighted by Gasteiger charge is -2.11. The molecule has 3 rings (SSSR count). The van der Waals surface area contributed by atoms with Gasteiger partial charge in [0, 0.05) is 25.1 Å². The summed E-state index contributed by atoms with van der Waals surface area (Å²) in [5, 5.41) is 3.04. The van der Waals surface area contributed by atoms with Crippen molar-refractivity contribution in [3.63, 3.8) is 0 Å². The minimum atomic E-state index is -0.109. The monoisotopic (exact) mass is 591 g/mol. The fraction of sp³-hybridized carbons (Fsp3) is 0.622. The van der Waals surface area contributed by atoms with Crippen molar-refractivity contribution in [1.29, 1.82) is 0 Å². The Kier molecular flexibility index (Phi) is 16.7. The van der Waals surface area contributed by atoms with Crippen molar-refractivity contribution in [1.82, 2.24) is 14.9 Å². The molecule has 1 amide bonds. The molecule has 0 bridgehead atoms. The van der Waals surface area contributed by atoms with E-state index in [1.165, 1.54) is 108 Å². The minimum absolute atomic E-state index is 0.109. The number of hydrogen-bond donors (Lipinski definition) is 1. The number of ether oxygens (including phenoxy) is 2. The van der Waals surface area contributed by atoms with E-state index in [2.05, 4.69) is 41.1 Å². The van der Waals surface area contributed by atoms with Crippen LogP contribution in [-0.2, 0) is 13.0 Å². The summed E-state index contributed by atoms with van der Waals surface area (Å²) in [7, 11) is 3.16. The van der Waals surface area contributed by atoms with E-state index >= 15 is 0 Å². The smallest absolute Gasteiger partial charge is 0.251 e. The Morgan fingerprint density at radius 1 is 0.721 bits per heavy atom. The molecule has 6 nitrogen and oxygen atoms in total. The zero-order valence-corrected chi connectivity index (χ0v) is 27.3. The maximum absolute atomic E-state index is 12.7. The lowest BCUT2D eigenvalue weighted by molar-refractivity contribution is 0.0952. The molecule has 2 aromatic carbocycles. The van der Waals surface area contributed by atoms with Crippen molar-refractivity contribution in [3.05, 3.63) is 53.9 Å². The number of hydrogen-bond acceptors (Lipinski definition) is 4. The first kappa shape index (κ1) is 34.5. The number of carbonyl (C=O) groups excluding carboxylic acids is 1. The maximum atomic E-state index is 12.7. The zero-order valence-electron chi connectivity index (χ0n) is 27.3.